The van der Waals surface area contributed by atoms with E-state index < -0.39 is 0 Å². The Morgan fingerprint density at radius 3 is 2.11 bits per heavy atom. The predicted molar refractivity (Wildman–Crippen MR) is 40.5 cm³/mol. The Kier molecular flexibility index (Phi) is 1.80. The van der Waals surface area contributed by atoms with Gasteiger partial charge in [-0.3, -0.25) is 0 Å². The fourth-order valence-electron chi connectivity index (χ4n) is 1.52. The highest BCUT2D eigenvalue weighted by atomic mass is 14.9. The normalized spacial score (nSPS) is 27.0. The molecule has 0 heterocycles. The topological polar surface area (TPSA) is 12.0 Å². The first kappa shape index (κ1) is 7.07. The lowest BCUT2D eigenvalue weighted by Crippen LogP contribution is -2.44. The molecular formula is C8H17N. The average molecular weight is 127 g/mol. The van der Waals surface area contributed by atoms with Crippen LogP contribution in [0.4, 0.5) is 0 Å². The maximum atomic E-state index is 3.31. The van der Waals surface area contributed by atoms with Gasteiger partial charge in [-0.2, -0.15) is 0 Å². The Balaban J connectivity index is 2.38. The summed E-state index contributed by atoms with van der Waals surface area (Å²) in [6, 6.07) is 0.700. The third kappa shape index (κ3) is 1.11. The van der Waals surface area contributed by atoms with E-state index >= 15 is 0 Å². The summed E-state index contributed by atoms with van der Waals surface area (Å²) in [7, 11) is 2.05. The molecule has 0 aromatic rings. The van der Waals surface area contributed by atoms with E-state index in [1.165, 1.54) is 19.3 Å². The zero-order chi connectivity index (χ0) is 6.91. The molecule has 1 aliphatic rings. The Morgan fingerprint density at radius 1 is 1.44 bits per heavy atom. The summed E-state index contributed by atoms with van der Waals surface area (Å²) < 4.78 is 0. The Bertz CT molecular complexity index is 94.7. The summed E-state index contributed by atoms with van der Waals surface area (Å²) in [6.45, 7) is 4.65. The first-order valence-corrected chi connectivity index (χ1v) is 3.86. The monoisotopic (exact) mass is 127 g/mol. The van der Waals surface area contributed by atoms with Crippen LogP contribution in [0.2, 0.25) is 0 Å². The van der Waals surface area contributed by atoms with Gasteiger partial charge in [-0.05, 0) is 32.2 Å². The highest BCUT2D eigenvalue weighted by molar-refractivity contribution is 4.90. The van der Waals surface area contributed by atoms with Crippen molar-refractivity contribution < 1.29 is 0 Å². The van der Waals surface area contributed by atoms with Crippen molar-refractivity contribution in [3.63, 3.8) is 0 Å². The molecule has 0 amide bonds. The molecule has 1 unspecified atom stereocenters. The van der Waals surface area contributed by atoms with Crippen LogP contribution in [0.15, 0.2) is 0 Å². The molecule has 1 atom stereocenters. The summed E-state index contributed by atoms with van der Waals surface area (Å²) in [6.07, 6.45) is 4.26. The van der Waals surface area contributed by atoms with Crippen LogP contribution in [0, 0.1) is 5.41 Å². The summed E-state index contributed by atoms with van der Waals surface area (Å²) in [5.74, 6) is 0. The van der Waals surface area contributed by atoms with Gasteiger partial charge in [-0.15, -0.1) is 0 Å². The van der Waals surface area contributed by atoms with Gasteiger partial charge in [0, 0.05) is 6.04 Å². The molecule has 0 aromatic heterocycles. The van der Waals surface area contributed by atoms with Crippen molar-refractivity contribution in [2.45, 2.75) is 39.2 Å². The second-order valence-corrected chi connectivity index (χ2v) is 3.52. The van der Waals surface area contributed by atoms with Crippen LogP contribution in [0.3, 0.4) is 0 Å². The zero-order valence-corrected chi connectivity index (χ0v) is 6.70. The maximum Gasteiger partial charge on any atom is 0.00895 e. The lowest BCUT2D eigenvalue weighted by atomic mass is 9.66. The van der Waals surface area contributed by atoms with E-state index in [2.05, 4.69) is 19.2 Å². The highest BCUT2D eigenvalue weighted by Gasteiger charge is 2.35. The van der Waals surface area contributed by atoms with Gasteiger partial charge in [0.25, 0.3) is 0 Å². The fraction of sp³-hybridized carbons (Fsp3) is 1.00. The van der Waals surface area contributed by atoms with E-state index in [0.717, 1.165) is 0 Å². The third-order valence-electron chi connectivity index (χ3n) is 2.97. The van der Waals surface area contributed by atoms with Crippen molar-refractivity contribution in [3.05, 3.63) is 0 Å². The van der Waals surface area contributed by atoms with Crippen molar-refractivity contribution >= 4 is 0 Å². The molecule has 0 saturated heterocycles. The lowest BCUT2D eigenvalue weighted by molar-refractivity contribution is 0.111. The van der Waals surface area contributed by atoms with Gasteiger partial charge in [-0.1, -0.05) is 13.3 Å². The Hall–Kier alpha value is -0.0400. The summed E-state index contributed by atoms with van der Waals surface area (Å²) >= 11 is 0. The number of hydrogen-bond donors (Lipinski definition) is 1. The van der Waals surface area contributed by atoms with Gasteiger partial charge in [0.2, 0.25) is 0 Å². The minimum Gasteiger partial charge on any atom is -0.317 e. The predicted octanol–water partition coefficient (Wildman–Crippen LogP) is 1.78. The van der Waals surface area contributed by atoms with E-state index in [-0.39, 0.29) is 0 Å². The van der Waals surface area contributed by atoms with Gasteiger partial charge in [0.15, 0.2) is 0 Å². The molecule has 1 aliphatic carbocycles. The highest BCUT2D eigenvalue weighted by Crippen LogP contribution is 2.42. The van der Waals surface area contributed by atoms with Crippen molar-refractivity contribution in [1.82, 2.24) is 5.32 Å². The van der Waals surface area contributed by atoms with Crippen LogP contribution in [-0.2, 0) is 0 Å². The van der Waals surface area contributed by atoms with Crippen LogP contribution in [0.5, 0.6) is 0 Å². The van der Waals surface area contributed by atoms with Crippen LogP contribution in [0.1, 0.15) is 33.1 Å². The standard InChI is InChI=1S/C8H17N/c1-7(9-3)8(2)5-4-6-8/h7,9H,4-6H2,1-3H3. The minimum atomic E-state index is 0.620. The largest absolute Gasteiger partial charge is 0.317 e. The maximum absolute atomic E-state index is 3.31. The second-order valence-electron chi connectivity index (χ2n) is 3.52. The minimum absolute atomic E-state index is 0.620. The molecule has 0 radical (unpaired) electrons. The molecule has 0 aromatic carbocycles. The molecule has 0 aliphatic heterocycles. The van der Waals surface area contributed by atoms with Crippen LogP contribution in [0.25, 0.3) is 0 Å². The second kappa shape index (κ2) is 2.30. The third-order valence-corrected chi connectivity index (χ3v) is 2.97. The summed E-state index contributed by atoms with van der Waals surface area (Å²) in [5.41, 5.74) is 0.620. The molecule has 1 heteroatoms. The van der Waals surface area contributed by atoms with Crippen molar-refractivity contribution in [2.75, 3.05) is 7.05 Å². The smallest absolute Gasteiger partial charge is 0.00895 e. The number of hydrogen-bond acceptors (Lipinski definition) is 1. The van der Waals surface area contributed by atoms with E-state index in [1.54, 1.807) is 0 Å². The van der Waals surface area contributed by atoms with E-state index in [1.807, 2.05) is 7.05 Å². The lowest BCUT2D eigenvalue weighted by Gasteiger charge is -2.43. The van der Waals surface area contributed by atoms with Gasteiger partial charge < -0.3 is 5.32 Å². The van der Waals surface area contributed by atoms with Crippen LogP contribution < -0.4 is 5.32 Å². The first-order chi connectivity index (χ1) is 4.19. The zero-order valence-electron chi connectivity index (χ0n) is 6.70. The SMILES string of the molecule is CNC(C)C1(C)CCC1. The molecule has 9 heavy (non-hydrogen) atoms. The van der Waals surface area contributed by atoms with Crippen LogP contribution in [-0.4, -0.2) is 13.1 Å². The first-order valence-electron chi connectivity index (χ1n) is 3.86. The van der Waals surface area contributed by atoms with Crippen molar-refractivity contribution in [2.24, 2.45) is 5.41 Å². The molecule has 0 spiro atoms. The molecular weight excluding hydrogens is 110 g/mol. The van der Waals surface area contributed by atoms with Gasteiger partial charge in [0.1, 0.15) is 0 Å². The molecule has 54 valence electrons. The van der Waals surface area contributed by atoms with Crippen molar-refractivity contribution in [1.29, 1.82) is 0 Å². The van der Waals surface area contributed by atoms with E-state index in [0.29, 0.717) is 11.5 Å². The molecule has 1 rings (SSSR count). The van der Waals surface area contributed by atoms with Gasteiger partial charge in [0.05, 0.1) is 0 Å². The summed E-state index contributed by atoms with van der Waals surface area (Å²) in [5, 5.41) is 3.31. The fourth-order valence-corrected chi connectivity index (χ4v) is 1.52. The molecule has 1 saturated carbocycles. The van der Waals surface area contributed by atoms with Gasteiger partial charge >= 0.3 is 0 Å². The number of rotatable bonds is 2. The number of nitrogens with one attached hydrogen (secondary N) is 1. The molecule has 1 N–H and O–H groups in total. The van der Waals surface area contributed by atoms with Crippen molar-refractivity contribution in [3.8, 4) is 0 Å². The molecule has 1 fully saturated rings. The van der Waals surface area contributed by atoms with Crippen LogP contribution >= 0.6 is 0 Å². The molecule has 0 bridgehead atoms. The van der Waals surface area contributed by atoms with E-state index in [4.69, 9.17) is 0 Å². The average Bonchev–Trinajstić information content (AvgIpc) is 1.81. The summed E-state index contributed by atoms with van der Waals surface area (Å²) in [4.78, 5) is 0. The Labute approximate surface area is 57.8 Å². The van der Waals surface area contributed by atoms with Gasteiger partial charge in [-0.25, -0.2) is 0 Å². The Morgan fingerprint density at radius 2 is 2.00 bits per heavy atom. The quantitative estimate of drug-likeness (QED) is 0.596. The molecule has 1 nitrogen and oxygen atoms in total. The van der Waals surface area contributed by atoms with E-state index in [9.17, 15) is 0 Å².